The van der Waals surface area contributed by atoms with Crippen LogP contribution in [-0.2, 0) is 0 Å². The third-order valence-corrected chi connectivity index (χ3v) is 3.71. The first-order chi connectivity index (χ1) is 8.81. The van der Waals surface area contributed by atoms with Gasteiger partial charge in [0.05, 0.1) is 0 Å². The third-order valence-electron chi connectivity index (χ3n) is 3.71. The molecule has 0 bridgehead atoms. The van der Waals surface area contributed by atoms with Gasteiger partial charge in [-0.15, -0.1) is 6.58 Å². The average Bonchev–Trinajstić information content (AvgIpc) is 2.39. The van der Waals surface area contributed by atoms with Crippen LogP contribution in [0.3, 0.4) is 0 Å². The van der Waals surface area contributed by atoms with Crippen molar-refractivity contribution >= 4 is 0 Å². The summed E-state index contributed by atoms with van der Waals surface area (Å²) in [6, 6.07) is 0. The second-order valence-corrected chi connectivity index (χ2v) is 5.55. The Balaban J connectivity index is 3.11. The molecule has 0 radical (unpaired) electrons. The van der Waals surface area contributed by atoms with Gasteiger partial charge in [-0.1, -0.05) is 64.2 Å². The molecule has 0 saturated heterocycles. The van der Waals surface area contributed by atoms with Crippen molar-refractivity contribution in [3.8, 4) is 0 Å². The summed E-state index contributed by atoms with van der Waals surface area (Å²) in [7, 11) is 0. The van der Waals surface area contributed by atoms with E-state index in [2.05, 4.69) is 32.6 Å². The van der Waals surface area contributed by atoms with Crippen LogP contribution in [0.15, 0.2) is 24.8 Å². The fourth-order valence-electron chi connectivity index (χ4n) is 2.10. The van der Waals surface area contributed by atoms with E-state index in [0.717, 1.165) is 5.92 Å². The van der Waals surface area contributed by atoms with Crippen molar-refractivity contribution < 1.29 is 0 Å². The Hall–Kier alpha value is -0.520. The van der Waals surface area contributed by atoms with Gasteiger partial charge in [0.15, 0.2) is 0 Å². The highest BCUT2D eigenvalue weighted by Crippen LogP contribution is 2.12. The number of rotatable bonds is 13. The molecule has 18 heavy (non-hydrogen) atoms. The summed E-state index contributed by atoms with van der Waals surface area (Å²) in [6.45, 7) is 8.40. The Morgan fingerprint density at radius 1 is 0.833 bits per heavy atom. The highest BCUT2D eigenvalue weighted by Gasteiger charge is 1.96. The summed E-state index contributed by atoms with van der Waals surface area (Å²) in [4.78, 5) is 0. The number of allylic oxidation sites excluding steroid dienone is 3. The van der Waals surface area contributed by atoms with Crippen molar-refractivity contribution in [1.29, 1.82) is 0 Å². The normalized spacial score (nSPS) is 13.0. The summed E-state index contributed by atoms with van der Waals surface area (Å²) >= 11 is 0. The van der Waals surface area contributed by atoms with Crippen LogP contribution < -0.4 is 0 Å². The first-order valence-electron chi connectivity index (χ1n) is 8.07. The van der Waals surface area contributed by atoms with E-state index in [4.69, 9.17) is 0 Å². The molecule has 0 nitrogen and oxygen atoms in total. The fourth-order valence-corrected chi connectivity index (χ4v) is 2.10. The van der Waals surface area contributed by atoms with Crippen LogP contribution in [0.25, 0.3) is 0 Å². The van der Waals surface area contributed by atoms with Gasteiger partial charge in [0.25, 0.3) is 0 Å². The van der Waals surface area contributed by atoms with Crippen molar-refractivity contribution in [1.82, 2.24) is 0 Å². The van der Waals surface area contributed by atoms with Crippen LogP contribution in [0.4, 0.5) is 0 Å². The maximum absolute atomic E-state index is 3.75. The smallest absolute Gasteiger partial charge is 0.0351 e. The predicted octanol–water partition coefficient (Wildman–Crippen LogP) is 6.68. The van der Waals surface area contributed by atoms with Gasteiger partial charge in [0.2, 0.25) is 0 Å². The lowest BCUT2D eigenvalue weighted by molar-refractivity contribution is 0.486. The largest absolute Gasteiger partial charge is 0.103 e. The van der Waals surface area contributed by atoms with Gasteiger partial charge in [-0.3, -0.25) is 0 Å². The molecule has 0 aliphatic heterocycles. The van der Waals surface area contributed by atoms with Crippen LogP contribution in [0.2, 0.25) is 0 Å². The molecule has 0 aromatic rings. The summed E-state index contributed by atoms with van der Waals surface area (Å²) in [5, 5.41) is 0. The van der Waals surface area contributed by atoms with E-state index >= 15 is 0 Å². The van der Waals surface area contributed by atoms with E-state index in [-0.39, 0.29) is 0 Å². The van der Waals surface area contributed by atoms with Gasteiger partial charge >= 0.3 is 0 Å². The van der Waals surface area contributed by atoms with Gasteiger partial charge in [-0.05, 0) is 44.4 Å². The SMILES string of the molecule is C=CCCCCCC/C=C/CCCCC(C)CC. The van der Waals surface area contributed by atoms with E-state index in [1.165, 1.54) is 70.6 Å². The number of hydrogen-bond donors (Lipinski definition) is 0. The van der Waals surface area contributed by atoms with Crippen molar-refractivity contribution in [2.24, 2.45) is 5.92 Å². The van der Waals surface area contributed by atoms with Gasteiger partial charge in [0, 0.05) is 0 Å². The predicted molar refractivity (Wildman–Crippen MR) is 85.0 cm³/mol. The highest BCUT2D eigenvalue weighted by atomic mass is 14.0. The second kappa shape index (κ2) is 14.5. The first kappa shape index (κ1) is 17.5. The summed E-state index contributed by atoms with van der Waals surface area (Å²) in [5.74, 6) is 0.921. The van der Waals surface area contributed by atoms with Crippen LogP contribution in [0, 0.1) is 5.92 Å². The molecule has 0 aromatic heterocycles. The molecule has 0 aliphatic rings. The Morgan fingerprint density at radius 2 is 1.39 bits per heavy atom. The summed E-state index contributed by atoms with van der Waals surface area (Å²) in [6.07, 6.45) is 21.5. The molecular formula is C18H34. The number of hydrogen-bond acceptors (Lipinski definition) is 0. The van der Waals surface area contributed by atoms with Crippen LogP contribution in [0.1, 0.15) is 84.5 Å². The van der Waals surface area contributed by atoms with E-state index in [1.807, 2.05) is 6.08 Å². The van der Waals surface area contributed by atoms with Crippen molar-refractivity contribution in [2.45, 2.75) is 84.5 Å². The molecule has 0 fully saturated rings. The second-order valence-electron chi connectivity index (χ2n) is 5.55. The number of unbranched alkanes of at least 4 members (excludes halogenated alkanes) is 7. The van der Waals surface area contributed by atoms with Crippen molar-refractivity contribution in [3.63, 3.8) is 0 Å². The molecule has 0 saturated carbocycles. The highest BCUT2D eigenvalue weighted by molar-refractivity contribution is 4.81. The van der Waals surface area contributed by atoms with Crippen LogP contribution in [-0.4, -0.2) is 0 Å². The Morgan fingerprint density at radius 3 is 1.94 bits per heavy atom. The van der Waals surface area contributed by atoms with Crippen LogP contribution in [0.5, 0.6) is 0 Å². The van der Waals surface area contributed by atoms with Gasteiger partial charge in [0.1, 0.15) is 0 Å². The van der Waals surface area contributed by atoms with Gasteiger partial charge < -0.3 is 0 Å². The molecule has 1 atom stereocenters. The minimum Gasteiger partial charge on any atom is -0.103 e. The molecule has 0 N–H and O–H groups in total. The van der Waals surface area contributed by atoms with Crippen LogP contribution >= 0.6 is 0 Å². The van der Waals surface area contributed by atoms with Crippen molar-refractivity contribution in [3.05, 3.63) is 24.8 Å². The van der Waals surface area contributed by atoms with Gasteiger partial charge in [-0.25, -0.2) is 0 Å². The minimum absolute atomic E-state index is 0.921. The average molecular weight is 250 g/mol. The zero-order valence-electron chi connectivity index (χ0n) is 12.8. The zero-order valence-corrected chi connectivity index (χ0v) is 12.8. The van der Waals surface area contributed by atoms with Crippen molar-refractivity contribution in [2.75, 3.05) is 0 Å². The molecule has 0 amide bonds. The molecular weight excluding hydrogens is 216 g/mol. The van der Waals surface area contributed by atoms with Gasteiger partial charge in [-0.2, -0.15) is 0 Å². The molecule has 1 unspecified atom stereocenters. The summed E-state index contributed by atoms with van der Waals surface area (Å²) < 4.78 is 0. The first-order valence-corrected chi connectivity index (χ1v) is 8.07. The molecule has 0 heterocycles. The molecule has 0 aromatic carbocycles. The lowest BCUT2D eigenvalue weighted by atomic mass is 10.0. The van der Waals surface area contributed by atoms with E-state index < -0.39 is 0 Å². The standard InChI is InChI=1S/C18H34/c1-4-6-7-8-9-10-11-12-13-14-15-16-17-18(3)5-2/h4,12-13,18H,1,5-11,14-17H2,2-3H3/b13-12+. The minimum atomic E-state index is 0.921. The third kappa shape index (κ3) is 13.5. The van der Waals surface area contributed by atoms with E-state index in [0.29, 0.717) is 0 Å². The lowest BCUT2D eigenvalue weighted by Gasteiger charge is -2.06. The molecule has 0 rings (SSSR count). The van der Waals surface area contributed by atoms with E-state index in [9.17, 15) is 0 Å². The molecule has 106 valence electrons. The maximum atomic E-state index is 3.75. The molecule has 0 spiro atoms. The molecule has 0 heteroatoms. The quantitative estimate of drug-likeness (QED) is 0.253. The van der Waals surface area contributed by atoms with E-state index in [1.54, 1.807) is 0 Å². The zero-order chi connectivity index (χ0) is 13.5. The maximum Gasteiger partial charge on any atom is -0.0351 e. The topological polar surface area (TPSA) is 0 Å². The molecule has 0 aliphatic carbocycles. The Kier molecular flexibility index (Phi) is 14.1. The monoisotopic (exact) mass is 250 g/mol. The summed E-state index contributed by atoms with van der Waals surface area (Å²) in [5.41, 5.74) is 0. The fraction of sp³-hybridized carbons (Fsp3) is 0.778. The lowest BCUT2D eigenvalue weighted by Crippen LogP contribution is -1.90. The Labute approximate surface area is 116 Å². The Bertz CT molecular complexity index is 190.